The number of nitrogens with zero attached hydrogens (tertiary/aromatic N) is 1. The summed E-state index contributed by atoms with van der Waals surface area (Å²) in [6.07, 6.45) is 12.1. The number of carbonyl (C=O) groups excluding carboxylic acids is 1. The molecule has 2 atom stereocenters. The Morgan fingerprint density at radius 3 is 2.56 bits per heavy atom. The molecule has 4 fully saturated rings. The molecule has 4 saturated carbocycles. The van der Waals surface area contributed by atoms with Crippen molar-refractivity contribution in [2.45, 2.75) is 71.8 Å². The van der Waals surface area contributed by atoms with E-state index in [1.54, 1.807) is 12.4 Å². The summed E-state index contributed by atoms with van der Waals surface area (Å²) in [5.41, 5.74) is 1.97. The van der Waals surface area contributed by atoms with Crippen LogP contribution in [0.4, 0.5) is 0 Å². The molecule has 1 N–H and O–H groups in total. The molecule has 1 aromatic rings. The highest BCUT2D eigenvalue weighted by atomic mass is 16.1. The fourth-order valence-electron chi connectivity index (χ4n) is 6.69. The van der Waals surface area contributed by atoms with E-state index >= 15 is 0 Å². The second kappa shape index (κ2) is 6.10. The van der Waals surface area contributed by atoms with Crippen molar-refractivity contribution in [3.05, 3.63) is 30.1 Å². The van der Waals surface area contributed by atoms with Crippen LogP contribution >= 0.6 is 0 Å². The van der Waals surface area contributed by atoms with E-state index in [2.05, 4.69) is 31.1 Å². The van der Waals surface area contributed by atoms with Crippen molar-refractivity contribution < 1.29 is 4.79 Å². The van der Waals surface area contributed by atoms with Crippen LogP contribution in [0.25, 0.3) is 0 Å². The quantitative estimate of drug-likeness (QED) is 0.884. The number of hydrogen-bond acceptors (Lipinski definition) is 2. The maximum atomic E-state index is 12.6. The van der Waals surface area contributed by atoms with Crippen LogP contribution in [0.15, 0.2) is 24.5 Å². The van der Waals surface area contributed by atoms with Crippen molar-refractivity contribution in [1.29, 1.82) is 0 Å². The van der Waals surface area contributed by atoms with Crippen LogP contribution in [0.1, 0.15) is 64.9 Å². The van der Waals surface area contributed by atoms with Crippen LogP contribution in [0.3, 0.4) is 0 Å². The summed E-state index contributed by atoms with van der Waals surface area (Å²) >= 11 is 0. The zero-order valence-electron chi connectivity index (χ0n) is 15.9. The largest absolute Gasteiger partial charge is 0.353 e. The Kier molecular flexibility index (Phi) is 4.16. The van der Waals surface area contributed by atoms with Gasteiger partial charge in [0.25, 0.3) is 0 Å². The normalized spacial score (nSPS) is 36.4. The first-order chi connectivity index (χ1) is 11.8. The third-order valence-electron chi connectivity index (χ3n) is 6.72. The second-order valence-corrected chi connectivity index (χ2v) is 10.3. The first-order valence-corrected chi connectivity index (χ1v) is 10.0. The third-order valence-corrected chi connectivity index (χ3v) is 6.72. The molecule has 0 saturated heterocycles. The summed E-state index contributed by atoms with van der Waals surface area (Å²) in [4.78, 5) is 16.7. The van der Waals surface area contributed by atoms with Crippen molar-refractivity contribution in [2.24, 2.45) is 28.6 Å². The van der Waals surface area contributed by atoms with Crippen LogP contribution in [0, 0.1) is 28.6 Å². The summed E-state index contributed by atoms with van der Waals surface area (Å²) < 4.78 is 0. The highest BCUT2D eigenvalue weighted by Gasteiger charge is 2.56. The van der Waals surface area contributed by atoms with Gasteiger partial charge in [-0.2, -0.15) is 0 Å². The van der Waals surface area contributed by atoms with E-state index in [4.69, 9.17) is 0 Å². The molecule has 1 amide bonds. The molecule has 5 rings (SSSR count). The van der Waals surface area contributed by atoms with E-state index in [0.29, 0.717) is 35.1 Å². The molecule has 25 heavy (non-hydrogen) atoms. The van der Waals surface area contributed by atoms with Gasteiger partial charge in [0, 0.05) is 18.4 Å². The SMILES string of the molecule is CC(C)(C)CC12CC3CC(C1)C(NC(=O)Cc1cccnc1)C(C3)C2. The molecule has 0 aromatic carbocycles. The van der Waals surface area contributed by atoms with Crippen molar-refractivity contribution in [1.82, 2.24) is 10.3 Å². The van der Waals surface area contributed by atoms with Gasteiger partial charge in [-0.05, 0) is 78.7 Å². The lowest BCUT2D eigenvalue weighted by Crippen LogP contribution is -2.59. The Morgan fingerprint density at radius 1 is 1.24 bits per heavy atom. The predicted octanol–water partition coefficient (Wildman–Crippen LogP) is 4.37. The first-order valence-electron chi connectivity index (χ1n) is 10.0. The maximum absolute atomic E-state index is 12.6. The Morgan fingerprint density at radius 2 is 1.96 bits per heavy atom. The van der Waals surface area contributed by atoms with Crippen LogP contribution in [0.2, 0.25) is 0 Å². The van der Waals surface area contributed by atoms with Gasteiger partial charge in [-0.25, -0.2) is 0 Å². The van der Waals surface area contributed by atoms with Gasteiger partial charge in [-0.1, -0.05) is 26.8 Å². The van der Waals surface area contributed by atoms with Crippen LogP contribution in [0.5, 0.6) is 0 Å². The zero-order chi connectivity index (χ0) is 17.7. The van der Waals surface area contributed by atoms with E-state index in [0.717, 1.165) is 11.5 Å². The van der Waals surface area contributed by atoms with Crippen molar-refractivity contribution in [2.75, 3.05) is 0 Å². The number of hydrogen-bond donors (Lipinski definition) is 1. The summed E-state index contributed by atoms with van der Waals surface area (Å²) in [6, 6.07) is 4.30. The number of aromatic nitrogens is 1. The van der Waals surface area contributed by atoms with Gasteiger partial charge >= 0.3 is 0 Å². The summed E-state index contributed by atoms with van der Waals surface area (Å²) in [5, 5.41) is 3.42. The molecular formula is C22H32N2O. The van der Waals surface area contributed by atoms with Gasteiger partial charge < -0.3 is 5.32 Å². The maximum Gasteiger partial charge on any atom is 0.224 e. The average Bonchev–Trinajstić information content (AvgIpc) is 2.49. The number of carbonyl (C=O) groups is 1. The molecule has 1 heterocycles. The van der Waals surface area contributed by atoms with E-state index < -0.39 is 0 Å². The molecule has 0 radical (unpaired) electrons. The minimum absolute atomic E-state index is 0.176. The highest BCUT2D eigenvalue weighted by molar-refractivity contribution is 5.78. The predicted molar refractivity (Wildman–Crippen MR) is 99.9 cm³/mol. The van der Waals surface area contributed by atoms with E-state index in [1.165, 1.54) is 38.5 Å². The van der Waals surface area contributed by atoms with E-state index in [1.807, 2.05) is 12.1 Å². The molecule has 136 valence electrons. The van der Waals surface area contributed by atoms with Gasteiger partial charge in [0.1, 0.15) is 0 Å². The van der Waals surface area contributed by atoms with Gasteiger partial charge in [0.05, 0.1) is 6.42 Å². The van der Waals surface area contributed by atoms with Gasteiger partial charge in [-0.3, -0.25) is 9.78 Å². The molecule has 4 bridgehead atoms. The van der Waals surface area contributed by atoms with Crippen molar-refractivity contribution >= 4 is 5.91 Å². The molecule has 0 aliphatic heterocycles. The molecule has 1 aromatic heterocycles. The summed E-state index contributed by atoms with van der Waals surface area (Å²) in [7, 11) is 0. The van der Waals surface area contributed by atoms with E-state index in [9.17, 15) is 4.79 Å². The average molecular weight is 341 g/mol. The smallest absolute Gasteiger partial charge is 0.224 e. The van der Waals surface area contributed by atoms with Crippen LogP contribution in [-0.2, 0) is 11.2 Å². The Balaban J connectivity index is 1.43. The molecule has 3 nitrogen and oxygen atoms in total. The highest BCUT2D eigenvalue weighted by Crippen LogP contribution is 2.63. The fourth-order valence-corrected chi connectivity index (χ4v) is 6.69. The zero-order valence-corrected chi connectivity index (χ0v) is 15.9. The van der Waals surface area contributed by atoms with Gasteiger partial charge in [0.2, 0.25) is 5.91 Å². The fraction of sp³-hybridized carbons (Fsp3) is 0.727. The Bertz CT molecular complexity index is 617. The lowest BCUT2D eigenvalue weighted by molar-refractivity contribution is -0.129. The van der Waals surface area contributed by atoms with Crippen LogP contribution < -0.4 is 5.32 Å². The van der Waals surface area contributed by atoms with Gasteiger partial charge in [0.15, 0.2) is 0 Å². The number of amides is 1. The molecular weight excluding hydrogens is 308 g/mol. The topological polar surface area (TPSA) is 42.0 Å². The third kappa shape index (κ3) is 3.61. The number of pyridine rings is 1. The number of nitrogens with one attached hydrogen (secondary N) is 1. The van der Waals surface area contributed by atoms with Crippen LogP contribution in [-0.4, -0.2) is 16.9 Å². The van der Waals surface area contributed by atoms with Crippen molar-refractivity contribution in [3.63, 3.8) is 0 Å². The molecule has 3 heteroatoms. The lowest BCUT2D eigenvalue weighted by Gasteiger charge is -2.61. The van der Waals surface area contributed by atoms with Gasteiger partial charge in [-0.15, -0.1) is 0 Å². The summed E-state index contributed by atoms with van der Waals surface area (Å²) in [6.45, 7) is 7.16. The molecule has 2 unspecified atom stereocenters. The Labute approximate surface area is 152 Å². The first kappa shape index (κ1) is 17.1. The standard InChI is InChI=1S/C22H32N2O/c1-21(2,3)14-22-10-16-7-17(11-22)20(18(8-16)12-22)24-19(25)9-15-5-4-6-23-13-15/h4-6,13,16-18,20H,7-12,14H2,1-3H3,(H,24,25). The molecule has 4 aliphatic carbocycles. The monoisotopic (exact) mass is 340 g/mol. The minimum Gasteiger partial charge on any atom is -0.353 e. The van der Waals surface area contributed by atoms with E-state index in [-0.39, 0.29) is 5.91 Å². The minimum atomic E-state index is 0.176. The second-order valence-electron chi connectivity index (χ2n) is 10.3. The summed E-state index contributed by atoms with van der Waals surface area (Å²) in [5.74, 6) is 2.49. The Hall–Kier alpha value is -1.38. The lowest BCUT2D eigenvalue weighted by atomic mass is 9.46. The number of rotatable bonds is 4. The van der Waals surface area contributed by atoms with Crippen molar-refractivity contribution in [3.8, 4) is 0 Å². The molecule has 0 spiro atoms. The molecule has 4 aliphatic rings.